The van der Waals surface area contributed by atoms with Gasteiger partial charge >= 0.3 is 12.1 Å². The zero-order valence-corrected chi connectivity index (χ0v) is 20.8. The SMILES string of the molecule is CC(C)(C)OC(=O)N1CCCC[C@H]1CONC(=O)[C@@H]1CC[C@@H]2CN1C(=O)N2OCc1ccccc1. The Hall–Kier alpha value is -2.85. The van der Waals surface area contributed by atoms with Gasteiger partial charge in [0.1, 0.15) is 18.2 Å². The Labute approximate surface area is 206 Å². The smallest absolute Gasteiger partial charge is 0.410 e. The van der Waals surface area contributed by atoms with Crippen molar-refractivity contribution in [3.63, 3.8) is 0 Å². The maximum absolute atomic E-state index is 12.9. The van der Waals surface area contributed by atoms with Crippen LogP contribution in [0.3, 0.4) is 0 Å². The summed E-state index contributed by atoms with van der Waals surface area (Å²) in [4.78, 5) is 52.9. The van der Waals surface area contributed by atoms with Crippen molar-refractivity contribution in [2.24, 2.45) is 0 Å². The lowest BCUT2D eigenvalue weighted by molar-refractivity contribution is -0.141. The summed E-state index contributed by atoms with van der Waals surface area (Å²) in [7, 11) is 0. The maximum atomic E-state index is 12.9. The number of carbonyl (C=O) groups is 3. The Balaban J connectivity index is 1.26. The van der Waals surface area contributed by atoms with Crippen molar-refractivity contribution in [3.8, 4) is 0 Å². The second-order valence-electron chi connectivity index (χ2n) is 10.4. The summed E-state index contributed by atoms with van der Waals surface area (Å²) in [5, 5.41) is 1.40. The number of likely N-dealkylation sites (tertiary alicyclic amines) is 1. The molecule has 35 heavy (non-hydrogen) atoms. The Bertz CT molecular complexity index is 905. The molecule has 0 spiro atoms. The number of nitrogens with zero attached hydrogens (tertiary/aromatic N) is 3. The Morgan fingerprint density at radius 2 is 1.86 bits per heavy atom. The van der Waals surface area contributed by atoms with Gasteiger partial charge < -0.3 is 14.5 Å². The van der Waals surface area contributed by atoms with Gasteiger partial charge in [0.2, 0.25) is 0 Å². The quantitative estimate of drug-likeness (QED) is 0.592. The highest BCUT2D eigenvalue weighted by molar-refractivity contribution is 5.88. The summed E-state index contributed by atoms with van der Waals surface area (Å²) in [6.45, 7) is 7.02. The number of piperidine rings is 2. The first-order valence-electron chi connectivity index (χ1n) is 12.4. The minimum atomic E-state index is -0.614. The van der Waals surface area contributed by atoms with Crippen molar-refractivity contribution in [1.82, 2.24) is 20.3 Å². The van der Waals surface area contributed by atoms with E-state index in [4.69, 9.17) is 14.4 Å². The van der Waals surface area contributed by atoms with Crippen LogP contribution in [0.15, 0.2) is 30.3 Å². The van der Waals surface area contributed by atoms with Gasteiger partial charge in [0.25, 0.3) is 5.91 Å². The van der Waals surface area contributed by atoms with Crippen molar-refractivity contribution in [1.29, 1.82) is 0 Å². The van der Waals surface area contributed by atoms with Crippen molar-refractivity contribution >= 4 is 18.0 Å². The molecule has 1 aromatic carbocycles. The van der Waals surface area contributed by atoms with E-state index in [1.54, 1.807) is 9.80 Å². The standard InChI is InChI=1S/C25H36N4O6/c1-25(2,3)35-24(32)27-14-8-7-11-20(27)17-33-26-22(30)21-13-12-19-15-28(21)23(31)29(19)34-16-18-9-5-4-6-10-18/h4-6,9-10,19-21H,7-8,11-17H2,1-3H3,(H,26,30)/t19-,20+,21+/m1/s1. The Kier molecular flexibility index (Phi) is 7.81. The number of hydrogen-bond acceptors (Lipinski definition) is 6. The summed E-state index contributed by atoms with van der Waals surface area (Å²) < 4.78 is 5.52. The molecule has 4 amide bonds. The number of urea groups is 1. The van der Waals surface area contributed by atoms with E-state index in [-0.39, 0.29) is 36.7 Å². The van der Waals surface area contributed by atoms with Crippen LogP contribution in [0.2, 0.25) is 0 Å². The predicted octanol–water partition coefficient (Wildman–Crippen LogP) is 3.22. The fourth-order valence-corrected chi connectivity index (χ4v) is 4.80. The zero-order valence-electron chi connectivity index (χ0n) is 20.8. The van der Waals surface area contributed by atoms with Crippen molar-refractivity contribution in [3.05, 3.63) is 35.9 Å². The first-order chi connectivity index (χ1) is 16.7. The van der Waals surface area contributed by atoms with Crippen LogP contribution in [0, 0.1) is 0 Å². The lowest BCUT2D eigenvalue weighted by Gasteiger charge is -2.36. The summed E-state index contributed by atoms with van der Waals surface area (Å²) in [5.74, 6) is -0.360. The molecule has 0 unspecified atom stereocenters. The number of carbonyl (C=O) groups excluding carboxylic acids is 3. The topological polar surface area (TPSA) is 101 Å². The van der Waals surface area contributed by atoms with Crippen molar-refractivity contribution in [2.75, 3.05) is 19.7 Å². The molecule has 3 atom stereocenters. The number of hydroxylamine groups is 3. The van der Waals surface area contributed by atoms with E-state index < -0.39 is 11.6 Å². The molecule has 0 aromatic heterocycles. The maximum Gasteiger partial charge on any atom is 0.410 e. The molecule has 0 radical (unpaired) electrons. The molecule has 10 heteroatoms. The lowest BCUT2D eigenvalue weighted by atomic mass is 10.0. The third kappa shape index (κ3) is 6.24. The molecule has 2 bridgehead atoms. The molecular weight excluding hydrogens is 452 g/mol. The van der Waals surface area contributed by atoms with E-state index in [0.717, 1.165) is 24.8 Å². The van der Waals surface area contributed by atoms with Gasteiger partial charge in [0.15, 0.2) is 0 Å². The third-order valence-corrected chi connectivity index (χ3v) is 6.54. The number of hydrogen-bond donors (Lipinski definition) is 1. The van der Waals surface area contributed by atoms with Crippen LogP contribution in [0.4, 0.5) is 9.59 Å². The van der Waals surface area contributed by atoms with Gasteiger partial charge in [-0.1, -0.05) is 30.3 Å². The lowest BCUT2D eigenvalue weighted by Crippen LogP contribution is -2.52. The summed E-state index contributed by atoms with van der Waals surface area (Å²) in [5.41, 5.74) is 2.91. The summed E-state index contributed by atoms with van der Waals surface area (Å²) >= 11 is 0. The molecule has 1 aromatic rings. The van der Waals surface area contributed by atoms with Crippen LogP contribution < -0.4 is 5.48 Å². The molecule has 3 saturated heterocycles. The van der Waals surface area contributed by atoms with Crippen molar-refractivity contribution in [2.45, 2.75) is 83.2 Å². The summed E-state index contributed by atoms with van der Waals surface area (Å²) in [6.07, 6.45) is 3.50. The number of fused-ring (bicyclic) bond motifs is 2. The van der Waals surface area contributed by atoms with Gasteiger partial charge in [-0.15, -0.1) is 0 Å². The molecule has 0 aliphatic carbocycles. The molecule has 192 valence electrons. The minimum absolute atomic E-state index is 0.0687. The number of nitrogens with one attached hydrogen (secondary N) is 1. The Morgan fingerprint density at radius 1 is 1.09 bits per heavy atom. The molecule has 3 aliphatic rings. The molecular formula is C25H36N4O6. The fraction of sp³-hybridized carbons (Fsp3) is 0.640. The molecule has 10 nitrogen and oxygen atoms in total. The van der Waals surface area contributed by atoms with Gasteiger partial charge in [-0.25, -0.2) is 15.1 Å². The third-order valence-electron chi connectivity index (χ3n) is 6.54. The van der Waals surface area contributed by atoms with E-state index >= 15 is 0 Å². The van der Waals surface area contributed by atoms with E-state index in [2.05, 4.69) is 5.48 Å². The average molecular weight is 489 g/mol. The van der Waals surface area contributed by atoms with Crippen LogP contribution in [-0.2, 0) is 25.8 Å². The monoisotopic (exact) mass is 488 g/mol. The number of rotatable bonds is 7. The first kappa shape index (κ1) is 25.2. The largest absolute Gasteiger partial charge is 0.444 e. The molecule has 4 rings (SSSR count). The predicted molar refractivity (Wildman–Crippen MR) is 127 cm³/mol. The van der Waals surface area contributed by atoms with Gasteiger partial charge in [-0.2, -0.15) is 5.06 Å². The molecule has 0 saturated carbocycles. The Morgan fingerprint density at radius 3 is 2.60 bits per heavy atom. The highest BCUT2D eigenvalue weighted by atomic mass is 16.7. The first-order valence-corrected chi connectivity index (χ1v) is 12.4. The number of benzene rings is 1. The number of amides is 4. The van der Waals surface area contributed by atoms with Crippen LogP contribution in [0.25, 0.3) is 0 Å². The highest BCUT2D eigenvalue weighted by Gasteiger charge is 2.48. The highest BCUT2D eigenvalue weighted by Crippen LogP contribution is 2.30. The van der Waals surface area contributed by atoms with Crippen LogP contribution in [0.1, 0.15) is 58.4 Å². The second-order valence-corrected chi connectivity index (χ2v) is 10.4. The van der Waals surface area contributed by atoms with Gasteiger partial charge in [0, 0.05) is 13.1 Å². The van der Waals surface area contributed by atoms with Crippen LogP contribution in [-0.4, -0.2) is 76.3 Å². The molecule has 1 N–H and O–H groups in total. The molecule has 3 fully saturated rings. The van der Waals surface area contributed by atoms with E-state index in [1.165, 1.54) is 5.06 Å². The molecule has 3 aliphatic heterocycles. The van der Waals surface area contributed by atoms with E-state index in [0.29, 0.717) is 32.5 Å². The summed E-state index contributed by atoms with van der Waals surface area (Å²) in [6, 6.07) is 8.50. The normalized spacial score (nSPS) is 24.5. The van der Waals surface area contributed by atoms with Crippen LogP contribution in [0.5, 0.6) is 0 Å². The van der Waals surface area contributed by atoms with Crippen LogP contribution >= 0.6 is 0 Å². The zero-order chi connectivity index (χ0) is 25.0. The minimum Gasteiger partial charge on any atom is -0.444 e. The van der Waals surface area contributed by atoms with Gasteiger partial charge in [0.05, 0.1) is 18.7 Å². The van der Waals surface area contributed by atoms with Gasteiger partial charge in [-0.3, -0.25) is 14.5 Å². The second kappa shape index (κ2) is 10.8. The van der Waals surface area contributed by atoms with E-state index in [1.807, 2.05) is 51.1 Å². The average Bonchev–Trinajstić information content (AvgIpc) is 3.06. The fourth-order valence-electron chi connectivity index (χ4n) is 4.80. The van der Waals surface area contributed by atoms with E-state index in [9.17, 15) is 14.4 Å². The molecule has 3 heterocycles. The number of ether oxygens (including phenoxy) is 1. The van der Waals surface area contributed by atoms with Gasteiger partial charge in [-0.05, 0) is 58.4 Å². The van der Waals surface area contributed by atoms with Crippen molar-refractivity contribution < 1.29 is 28.8 Å².